The Labute approximate surface area is 121 Å². The first-order valence-corrected chi connectivity index (χ1v) is 7.94. The van der Waals surface area contributed by atoms with Gasteiger partial charge in [0.15, 0.2) is 0 Å². The van der Waals surface area contributed by atoms with E-state index < -0.39 is 0 Å². The van der Waals surface area contributed by atoms with Crippen molar-refractivity contribution in [3.8, 4) is 0 Å². The average molecular weight is 272 g/mol. The number of hydrogen-bond donors (Lipinski definition) is 1. The van der Waals surface area contributed by atoms with Crippen molar-refractivity contribution in [3.05, 3.63) is 0 Å². The molecule has 1 unspecified atom stereocenters. The minimum atomic E-state index is 0.472. The van der Waals surface area contributed by atoms with Crippen LogP contribution in [0.5, 0.6) is 0 Å². The molecule has 0 rings (SSSR count). The van der Waals surface area contributed by atoms with Gasteiger partial charge in [-0.15, -0.1) is 0 Å². The van der Waals surface area contributed by atoms with Gasteiger partial charge in [0.1, 0.15) is 0 Å². The van der Waals surface area contributed by atoms with Crippen LogP contribution in [-0.4, -0.2) is 49.8 Å². The minimum absolute atomic E-state index is 0.472. The fourth-order valence-electron chi connectivity index (χ4n) is 2.61. The van der Waals surface area contributed by atoms with E-state index in [0.717, 1.165) is 19.7 Å². The maximum atomic E-state index is 5.46. The van der Waals surface area contributed by atoms with Crippen LogP contribution in [0.1, 0.15) is 54.4 Å². The van der Waals surface area contributed by atoms with Crippen LogP contribution in [0, 0.1) is 5.92 Å². The lowest BCUT2D eigenvalue weighted by Gasteiger charge is -2.39. The molecule has 0 aliphatic heterocycles. The first kappa shape index (κ1) is 18.9. The maximum absolute atomic E-state index is 5.46. The molecule has 0 aromatic heterocycles. The lowest BCUT2D eigenvalue weighted by Crippen LogP contribution is -2.52. The molecule has 1 N–H and O–H groups in total. The zero-order chi connectivity index (χ0) is 14.8. The normalized spacial score (nSPS) is 14.1. The average Bonchev–Trinajstić information content (AvgIpc) is 2.34. The van der Waals surface area contributed by atoms with Gasteiger partial charge in [-0.25, -0.2) is 0 Å². The van der Waals surface area contributed by atoms with Gasteiger partial charge in [-0.3, -0.25) is 4.90 Å². The quantitative estimate of drug-likeness (QED) is 0.625. The third kappa shape index (κ3) is 7.91. The Morgan fingerprint density at radius 2 is 1.58 bits per heavy atom. The third-order valence-corrected chi connectivity index (χ3v) is 3.58. The first-order chi connectivity index (χ1) is 8.96. The molecule has 19 heavy (non-hydrogen) atoms. The van der Waals surface area contributed by atoms with Crippen molar-refractivity contribution >= 4 is 0 Å². The van der Waals surface area contributed by atoms with E-state index in [0.29, 0.717) is 24.0 Å². The van der Waals surface area contributed by atoms with Crippen LogP contribution < -0.4 is 5.32 Å². The molecule has 0 fully saturated rings. The molecule has 0 aromatic rings. The summed E-state index contributed by atoms with van der Waals surface area (Å²) < 4.78 is 5.46. The Balaban J connectivity index is 4.78. The molecule has 0 saturated heterocycles. The molecule has 0 bridgehead atoms. The van der Waals surface area contributed by atoms with Crippen LogP contribution >= 0.6 is 0 Å². The van der Waals surface area contributed by atoms with Crippen molar-refractivity contribution < 1.29 is 4.74 Å². The Hall–Kier alpha value is -0.120. The number of nitrogens with zero attached hydrogens (tertiary/aromatic N) is 1. The van der Waals surface area contributed by atoms with Crippen molar-refractivity contribution in [3.63, 3.8) is 0 Å². The van der Waals surface area contributed by atoms with E-state index >= 15 is 0 Å². The summed E-state index contributed by atoms with van der Waals surface area (Å²) in [7, 11) is 1.81. The molecule has 116 valence electrons. The summed E-state index contributed by atoms with van der Waals surface area (Å²) in [5, 5.41) is 3.57. The standard InChI is InChI=1S/C16H36N2O/c1-8-15(9-2)18(11-13(3)4)16(12-19-7)10-17-14(5)6/h13-17H,8-12H2,1-7H3. The zero-order valence-electron chi connectivity index (χ0n) is 14.2. The summed E-state index contributed by atoms with van der Waals surface area (Å²) in [6.45, 7) is 16.6. The van der Waals surface area contributed by atoms with Crippen LogP contribution in [0.3, 0.4) is 0 Å². The van der Waals surface area contributed by atoms with E-state index in [-0.39, 0.29) is 0 Å². The number of methoxy groups -OCH3 is 1. The molecule has 0 aromatic carbocycles. The Bertz CT molecular complexity index is 203. The van der Waals surface area contributed by atoms with Gasteiger partial charge in [-0.1, -0.05) is 41.5 Å². The van der Waals surface area contributed by atoms with Crippen molar-refractivity contribution in [2.24, 2.45) is 5.92 Å². The van der Waals surface area contributed by atoms with Crippen molar-refractivity contribution in [1.82, 2.24) is 10.2 Å². The number of nitrogens with one attached hydrogen (secondary N) is 1. The molecule has 3 nitrogen and oxygen atoms in total. The van der Waals surface area contributed by atoms with Crippen LogP contribution in [0.2, 0.25) is 0 Å². The molecule has 1 atom stereocenters. The fourth-order valence-corrected chi connectivity index (χ4v) is 2.61. The maximum Gasteiger partial charge on any atom is 0.0630 e. The van der Waals surface area contributed by atoms with E-state index in [1.54, 1.807) is 0 Å². The molecule has 0 amide bonds. The molecule has 3 heteroatoms. The highest BCUT2D eigenvalue weighted by Gasteiger charge is 2.25. The lowest BCUT2D eigenvalue weighted by molar-refractivity contribution is 0.0472. The van der Waals surface area contributed by atoms with Crippen molar-refractivity contribution in [2.75, 3.05) is 26.8 Å². The van der Waals surface area contributed by atoms with Gasteiger partial charge in [0, 0.05) is 38.3 Å². The second kappa shape index (κ2) is 10.6. The highest BCUT2D eigenvalue weighted by molar-refractivity contribution is 4.81. The van der Waals surface area contributed by atoms with Crippen LogP contribution in [-0.2, 0) is 4.74 Å². The smallest absolute Gasteiger partial charge is 0.0630 e. The Kier molecular flexibility index (Phi) is 10.6. The molecule has 0 aliphatic rings. The Morgan fingerprint density at radius 1 is 1.00 bits per heavy atom. The van der Waals surface area contributed by atoms with Crippen LogP contribution in [0.15, 0.2) is 0 Å². The van der Waals surface area contributed by atoms with E-state index in [4.69, 9.17) is 4.74 Å². The molecule has 0 radical (unpaired) electrons. The largest absolute Gasteiger partial charge is 0.383 e. The highest BCUT2D eigenvalue weighted by Crippen LogP contribution is 2.15. The van der Waals surface area contributed by atoms with Gasteiger partial charge in [-0.05, 0) is 18.8 Å². The number of rotatable bonds is 11. The van der Waals surface area contributed by atoms with Gasteiger partial charge in [-0.2, -0.15) is 0 Å². The second-order valence-electron chi connectivity index (χ2n) is 6.23. The molecule has 0 heterocycles. The number of hydrogen-bond acceptors (Lipinski definition) is 3. The molecular formula is C16H36N2O. The highest BCUT2D eigenvalue weighted by atomic mass is 16.5. The van der Waals surface area contributed by atoms with Crippen LogP contribution in [0.4, 0.5) is 0 Å². The third-order valence-electron chi connectivity index (χ3n) is 3.58. The van der Waals surface area contributed by atoms with Crippen molar-refractivity contribution in [2.45, 2.75) is 72.5 Å². The SMILES string of the molecule is CCC(CC)N(CC(C)C)C(CNC(C)C)COC. The molecular weight excluding hydrogens is 236 g/mol. The molecule has 0 saturated carbocycles. The fraction of sp³-hybridized carbons (Fsp3) is 1.00. The summed E-state index contributed by atoms with van der Waals surface area (Å²) >= 11 is 0. The first-order valence-electron chi connectivity index (χ1n) is 7.94. The van der Waals surface area contributed by atoms with E-state index in [9.17, 15) is 0 Å². The molecule has 0 spiro atoms. The monoisotopic (exact) mass is 272 g/mol. The predicted molar refractivity (Wildman–Crippen MR) is 84.7 cm³/mol. The summed E-state index contributed by atoms with van der Waals surface area (Å²) in [6.07, 6.45) is 2.43. The van der Waals surface area contributed by atoms with Crippen molar-refractivity contribution in [1.29, 1.82) is 0 Å². The van der Waals surface area contributed by atoms with Gasteiger partial charge in [0.05, 0.1) is 6.61 Å². The second-order valence-corrected chi connectivity index (χ2v) is 6.23. The summed E-state index contributed by atoms with van der Waals surface area (Å²) in [5.74, 6) is 0.694. The number of ether oxygens (including phenoxy) is 1. The van der Waals surface area contributed by atoms with Gasteiger partial charge < -0.3 is 10.1 Å². The lowest BCUT2D eigenvalue weighted by atomic mass is 10.0. The predicted octanol–water partition coefficient (Wildman–Crippen LogP) is 3.15. The van der Waals surface area contributed by atoms with E-state index in [1.807, 2.05) is 7.11 Å². The topological polar surface area (TPSA) is 24.5 Å². The zero-order valence-corrected chi connectivity index (χ0v) is 14.2. The van der Waals surface area contributed by atoms with Gasteiger partial charge >= 0.3 is 0 Å². The van der Waals surface area contributed by atoms with Crippen LogP contribution in [0.25, 0.3) is 0 Å². The van der Waals surface area contributed by atoms with E-state index in [1.165, 1.54) is 12.8 Å². The summed E-state index contributed by atoms with van der Waals surface area (Å²) in [5.41, 5.74) is 0. The minimum Gasteiger partial charge on any atom is -0.383 e. The Morgan fingerprint density at radius 3 is 1.95 bits per heavy atom. The van der Waals surface area contributed by atoms with E-state index in [2.05, 4.69) is 51.8 Å². The summed E-state index contributed by atoms with van der Waals surface area (Å²) in [6, 6.07) is 1.66. The van der Waals surface area contributed by atoms with Gasteiger partial charge in [0.25, 0.3) is 0 Å². The van der Waals surface area contributed by atoms with Gasteiger partial charge in [0.2, 0.25) is 0 Å². The summed E-state index contributed by atoms with van der Waals surface area (Å²) in [4.78, 5) is 2.66. The molecule has 0 aliphatic carbocycles.